The number of carbonyl (C=O) groups excluding carboxylic acids is 2. The smallest absolute Gasteiger partial charge is 0.270 e. The van der Waals surface area contributed by atoms with Crippen LogP contribution in [0, 0.1) is 11.8 Å². The molecule has 0 spiro atoms. The average molecular weight is 450 g/mol. The molecule has 174 valence electrons. The lowest BCUT2D eigenvalue weighted by atomic mass is 9.84. The summed E-state index contributed by atoms with van der Waals surface area (Å²) in [5.74, 6) is 1.69. The molecular weight excluding hydrogens is 418 g/mol. The first kappa shape index (κ1) is 22.7. The number of likely N-dealkylation sites (tertiary alicyclic amines) is 1. The third-order valence-electron chi connectivity index (χ3n) is 6.65. The van der Waals surface area contributed by atoms with Crippen molar-refractivity contribution in [2.45, 2.75) is 26.3 Å². The lowest BCUT2D eigenvalue weighted by molar-refractivity contribution is -0.126. The van der Waals surface area contributed by atoms with Gasteiger partial charge in [0, 0.05) is 48.1 Å². The molecule has 0 radical (unpaired) electrons. The number of aromatic nitrogens is 1. The molecule has 1 saturated heterocycles. The van der Waals surface area contributed by atoms with Crippen LogP contribution in [-0.2, 0) is 11.3 Å². The molecule has 2 heterocycles. The Morgan fingerprint density at radius 3 is 2.58 bits per heavy atom. The van der Waals surface area contributed by atoms with Crippen LogP contribution >= 0.6 is 0 Å². The van der Waals surface area contributed by atoms with Gasteiger partial charge in [-0.3, -0.25) is 9.59 Å². The second-order valence-corrected chi connectivity index (χ2v) is 8.58. The van der Waals surface area contributed by atoms with Crippen molar-refractivity contribution in [1.82, 2.24) is 15.2 Å². The Labute approximate surface area is 194 Å². The maximum absolute atomic E-state index is 13.0. The number of nitrogens with one attached hydrogen (secondary N) is 2. The van der Waals surface area contributed by atoms with Crippen molar-refractivity contribution in [2.75, 3.05) is 27.3 Å². The lowest BCUT2D eigenvalue weighted by Gasteiger charge is -2.34. The van der Waals surface area contributed by atoms with Crippen LogP contribution in [-0.4, -0.2) is 49.0 Å². The molecule has 2 amide bonds. The molecule has 0 aliphatic carbocycles. The van der Waals surface area contributed by atoms with Crippen molar-refractivity contribution < 1.29 is 19.1 Å². The van der Waals surface area contributed by atoms with E-state index in [1.165, 1.54) is 0 Å². The zero-order valence-electron chi connectivity index (χ0n) is 19.4. The Bertz CT molecular complexity index is 1130. The standard InChI is InChI=1S/C26H31N3O4/c1-17(25(30)27-16-20-6-4-5-7-24(20)33-3)18-10-12-29(13-11-18)26(31)23-14-19-8-9-21(32-2)15-22(19)28-23/h4-9,14-15,17-18,28H,10-13,16H2,1-3H3,(H,27,30)/t17-/m1/s1. The van der Waals surface area contributed by atoms with Crippen LogP contribution in [0.3, 0.4) is 0 Å². The monoisotopic (exact) mass is 449 g/mol. The molecule has 0 saturated carbocycles. The number of carbonyl (C=O) groups is 2. The van der Waals surface area contributed by atoms with Crippen molar-refractivity contribution in [1.29, 1.82) is 0 Å². The number of benzene rings is 2. The van der Waals surface area contributed by atoms with Crippen molar-refractivity contribution in [3.05, 3.63) is 59.8 Å². The first-order valence-corrected chi connectivity index (χ1v) is 11.4. The molecule has 1 aliphatic heterocycles. The number of piperidine rings is 1. The summed E-state index contributed by atoms with van der Waals surface area (Å²) < 4.78 is 10.6. The number of fused-ring (bicyclic) bond motifs is 1. The van der Waals surface area contributed by atoms with Gasteiger partial charge in [-0.25, -0.2) is 0 Å². The fourth-order valence-corrected chi connectivity index (χ4v) is 4.53. The number of nitrogens with zero attached hydrogens (tertiary/aromatic N) is 1. The van der Waals surface area contributed by atoms with Crippen LogP contribution in [0.1, 0.15) is 35.8 Å². The summed E-state index contributed by atoms with van der Waals surface area (Å²) in [5, 5.41) is 4.02. The molecule has 1 atom stereocenters. The van der Waals surface area contributed by atoms with E-state index in [4.69, 9.17) is 9.47 Å². The highest BCUT2D eigenvalue weighted by atomic mass is 16.5. The molecule has 4 rings (SSSR count). The molecule has 0 unspecified atom stereocenters. The Balaban J connectivity index is 1.31. The van der Waals surface area contributed by atoms with Gasteiger partial charge in [0.2, 0.25) is 5.91 Å². The summed E-state index contributed by atoms with van der Waals surface area (Å²) >= 11 is 0. The van der Waals surface area contributed by atoms with Gasteiger partial charge in [-0.2, -0.15) is 0 Å². The quantitative estimate of drug-likeness (QED) is 0.571. The van der Waals surface area contributed by atoms with E-state index in [9.17, 15) is 9.59 Å². The maximum atomic E-state index is 13.0. The SMILES string of the molecule is COc1ccc2cc(C(=O)N3CCC([C@@H](C)C(=O)NCc4ccccc4OC)CC3)[nH]c2c1. The van der Waals surface area contributed by atoms with Gasteiger partial charge in [0.05, 0.1) is 14.2 Å². The predicted octanol–water partition coefficient (Wildman–Crippen LogP) is 3.99. The molecule has 1 fully saturated rings. The van der Waals surface area contributed by atoms with Gasteiger partial charge in [-0.05, 0) is 43.0 Å². The van der Waals surface area contributed by atoms with Crippen LogP contribution in [0.4, 0.5) is 0 Å². The fourth-order valence-electron chi connectivity index (χ4n) is 4.53. The number of hydrogen-bond donors (Lipinski definition) is 2. The van der Waals surface area contributed by atoms with Gasteiger partial charge in [0.15, 0.2) is 0 Å². The summed E-state index contributed by atoms with van der Waals surface area (Å²) in [6.45, 7) is 3.71. The summed E-state index contributed by atoms with van der Waals surface area (Å²) in [7, 11) is 3.26. The largest absolute Gasteiger partial charge is 0.497 e. The number of methoxy groups -OCH3 is 2. The van der Waals surface area contributed by atoms with E-state index < -0.39 is 0 Å². The second-order valence-electron chi connectivity index (χ2n) is 8.58. The summed E-state index contributed by atoms with van der Waals surface area (Å²) in [4.78, 5) is 30.9. The van der Waals surface area contributed by atoms with E-state index >= 15 is 0 Å². The number of rotatable bonds is 7. The maximum Gasteiger partial charge on any atom is 0.270 e. The van der Waals surface area contributed by atoms with E-state index in [0.717, 1.165) is 40.8 Å². The Morgan fingerprint density at radius 1 is 1.09 bits per heavy atom. The Morgan fingerprint density at radius 2 is 1.85 bits per heavy atom. The van der Waals surface area contributed by atoms with E-state index in [0.29, 0.717) is 25.3 Å². The second kappa shape index (κ2) is 9.98. The number of H-pyrrole nitrogens is 1. The number of para-hydroxylation sites is 1. The van der Waals surface area contributed by atoms with E-state index in [-0.39, 0.29) is 23.7 Å². The molecule has 3 aromatic rings. The molecule has 1 aromatic heterocycles. The predicted molar refractivity (Wildman–Crippen MR) is 127 cm³/mol. The van der Waals surface area contributed by atoms with Crippen LogP contribution in [0.2, 0.25) is 0 Å². The summed E-state index contributed by atoms with van der Waals surface area (Å²) in [6, 6.07) is 15.3. The number of aromatic amines is 1. The fraction of sp³-hybridized carbons (Fsp3) is 0.385. The lowest BCUT2D eigenvalue weighted by Crippen LogP contribution is -2.42. The molecule has 33 heavy (non-hydrogen) atoms. The van der Waals surface area contributed by atoms with Crippen molar-refractivity contribution >= 4 is 22.7 Å². The number of amides is 2. The Hall–Kier alpha value is -3.48. The third-order valence-corrected chi connectivity index (χ3v) is 6.65. The van der Waals surface area contributed by atoms with Gasteiger partial charge in [0.1, 0.15) is 17.2 Å². The van der Waals surface area contributed by atoms with E-state index in [2.05, 4.69) is 10.3 Å². The minimum absolute atomic E-state index is 0.00288. The molecule has 7 nitrogen and oxygen atoms in total. The highest BCUT2D eigenvalue weighted by Crippen LogP contribution is 2.27. The zero-order chi connectivity index (χ0) is 23.4. The average Bonchev–Trinajstić information content (AvgIpc) is 3.30. The van der Waals surface area contributed by atoms with Crippen molar-refractivity contribution in [3.63, 3.8) is 0 Å². The first-order chi connectivity index (χ1) is 16.0. The van der Waals surface area contributed by atoms with E-state index in [1.807, 2.05) is 60.4 Å². The molecule has 7 heteroatoms. The summed E-state index contributed by atoms with van der Waals surface area (Å²) in [6.07, 6.45) is 1.62. The van der Waals surface area contributed by atoms with Crippen LogP contribution in [0.25, 0.3) is 10.9 Å². The molecule has 2 N–H and O–H groups in total. The van der Waals surface area contributed by atoms with Crippen LogP contribution < -0.4 is 14.8 Å². The normalized spacial score (nSPS) is 15.3. The zero-order valence-corrected chi connectivity index (χ0v) is 19.4. The van der Waals surface area contributed by atoms with Gasteiger partial charge < -0.3 is 24.7 Å². The van der Waals surface area contributed by atoms with E-state index in [1.54, 1.807) is 14.2 Å². The topological polar surface area (TPSA) is 83.7 Å². The minimum Gasteiger partial charge on any atom is -0.497 e. The van der Waals surface area contributed by atoms with Crippen LogP contribution in [0.5, 0.6) is 11.5 Å². The number of hydrogen-bond acceptors (Lipinski definition) is 4. The highest BCUT2D eigenvalue weighted by molar-refractivity contribution is 5.98. The molecule has 0 bridgehead atoms. The van der Waals surface area contributed by atoms with Crippen LogP contribution in [0.15, 0.2) is 48.5 Å². The van der Waals surface area contributed by atoms with Crippen molar-refractivity contribution in [2.24, 2.45) is 11.8 Å². The number of ether oxygens (including phenoxy) is 2. The minimum atomic E-state index is -0.113. The van der Waals surface area contributed by atoms with Crippen molar-refractivity contribution in [3.8, 4) is 11.5 Å². The van der Waals surface area contributed by atoms with Gasteiger partial charge in [0.25, 0.3) is 5.91 Å². The van der Waals surface area contributed by atoms with Gasteiger partial charge >= 0.3 is 0 Å². The third kappa shape index (κ3) is 4.97. The van der Waals surface area contributed by atoms with Gasteiger partial charge in [-0.1, -0.05) is 25.1 Å². The summed E-state index contributed by atoms with van der Waals surface area (Å²) in [5.41, 5.74) is 2.42. The highest BCUT2D eigenvalue weighted by Gasteiger charge is 2.30. The first-order valence-electron chi connectivity index (χ1n) is 11.4. The molecule has 1 aliphatic rings. The molecule has 2 aromatic carbocycles. The molecular formula is C26H31N3O4. The van der Waals surface area contributed by atoms with Gasteiger partial charge in [-0.15, -0.1) is 0 Å². The Kier molecular flexibility index (Phi) is 6.87.